The molecular formula is C14H16ClNO2. The summed E-state index contributed by atoms with van der Waals surface area (Å²) in [5.41, 5.74) is 0.108. The number of carbonyl (C=O) groups excluding carboxylic acids is 1. The number of terminal acetylenes is 1. The Labute approximate surface area is 112 Å². The van der Waals surface area contributed by atoms with Crippen LogP contribution < -0.4 is 5.32 Å². The summed E-state index contributed by atoms with van der Waals surface area (Å²) >= 11 is 6.03. The molecular weight excluding hydrogens is 250 g/mol. The van der Waals surface area contributed by atoms with Crippen molar-refractivity contribution in [2.75, 3.05) is 0 Å². The molecule has 1 aromatic carbocycles. The van der Waals surface area contributed by atoms with E-state index >= 15 is 0 Å². The Bertz CT molecular complexity index is 471. The largest absolute Gasteiger partial charge is 0.444 e. The highest BCUT2D eigenvalue weighted by molar-refractivity contribution is 6.31. The molecule has 4 heteroatoms. The number of hydrogen-bond donors (Lipinski definition) is 1. The van der Waals surface area contributed by atoms with Gasteiger partial charge in [-0.15, -0.1) is 6.42 Å². The van der Waals surface area contributed by atoms with E-state index in [1.807, 2.05) is 6.07 Å². The third-order valence-corrected chi connectivity index (χ3v) is 2.39. The van der Waals surface area contributed by atoms with Gasteiger partial charge in [-0.1, -0.05) is 35.7 Å². The van der Waals surface area contributed by atoms with Gasteiger partial charge in [-0.25, -0.2) is 4.79 Å². The molecule has 0 aliphatic heterocycles. The fourth-order valence-corrected chi connectivity index (χ4v) is 1.59. The van der Waals surface area contributed by atoms with Crippen LogP contribution in [-0.4, -0.2) is 11.7 Å². The van der Waals surface area contributed by atoms with Gasteiger partial charge in [-0.3, -0.25) is 0 Å². The number of hydrogen-bond acceptors (Lipinski definition) is 2. The van der Waals surface area contributed by atoms with Crippen molar-refractivity contribution >= 4 is 17.7 Å². The predicted molar refractivity (Wildman–Crippen MR) is 72.4 cm³/mol. The summed E-state index contributed by atoms with van der Waals surface area (Å²) in [5, 5.41) is 3.11. The fourth-order valence-electron chi connectivity index (χ4n) is 1.34. The van der Waals surface area contributed by atoms with Gasteiger partial charge in [-0.2, -0.15) is 0 Å². The van der Waals surface area contributed by atoms with Crippen LogP contribution in [0.3, 0.4) is 0 Å². The lowest BCUT2D eigenvalue weighted by Gasteiger charge is -2.22. The molecule has 3 nitrogen and oxygen atoms in total. The van der Waals surface area contributed by atoms with E-state index in [1.165, 1.54) is 0 Å². The SMILES string of the molecule is C#CC(NC(=O)OC(C)(C)C)c1ccccc1Cl. The zero-order valence-electron chi connectivity index (χ0n) is 10.7. The molecule has 0 bridgehead atoms. The average Bonchev–Trinajstić information content (AvgIpc) is 2.24. The van der Waals surface area contributed by atoms with Gasteiger partial charge in [0.05, 0.1) is 0 Å². The van der Waals surface area contributed by atoms with Crippen molar-refractivity contribution in [2.24, 2.45) is 0 Å². The van der Waals surface area contributed by atoms with E-state index in [0.717, 1.165) is 0 Å². The molecule has 0 aromatic heterocycles. The van der Waals surface area contributed by atoms with Crippen LogP contribution >= 0.6 is 11.6 Å². The van der Waals surface area contributed by atoms with E-state index in [-0.39, 0.29) is 0 Å². The number of benzene rings is 1. The molecule has 0 spiro atoms. The van der Waals surface area contributed by atoms with Crippen molar-refractivity contribution in [3.8, 4) is 12.3 Å². The fraction of sp³-hybridized carbons (Fsp3) is 0.357. The minimum absolute atomic E-state index is 0.511. The molecule has 0 radical (unpaired) electrons. The second kappa shape index (κ2) is 5.79. The van der Waals surface area contributed by atoms with Gasteiger partial charge in [0.2, 0.25) is 0 Å². The van der Waals surface area contributed by atoms with Crippen LogP contribution in [0.2, 0.25) is 5.02 Å². The quantitative estimate of drug-likeness (QED) is 0.831. The highest BCUT2D eigenvalue weighted by Gasteiger charge is 2.20. The number of rotatable bonds is 2. The van der Waals surface area contributed by atoms with E-state index in [4.69, 9.17) is 22.8 Å². The van der Waals surface area contributed by atoms with Crippen molar-refractivity contribution in [3.05, 3.63) is 34.9 Å². The number of ether oxygens (including phenoxy) is 1. The Morgan fingerprint density at radius 2 is 2.06 bits per heavy atom. The molecule has 0 fully saturated rings. The minimum atomic E-state index is -0.603. The van der Waals surface area contributed by atoms with Gasteiger partial charge in [0.1, 0.15) is 11.6 Å². The van der Waals surface area contributed by atoms with Crippen LogP contribution in [-0.2, 0) is 4.74 Å². The first-order valence-electron chi connectivity index (χ1n) is 5.53. The molecule has 18 heavy (non-hydrogen) atoms. The molecule has 1 aromatic rings. The van der Waals surface area contributed by atoms with Crippen LogP contribution in [0, 0.1) is 12.3 Å². The van der Waals surface area contributed by atoms with Crippen LogP contribution in [0.4, 0.5) is 4.79 Å². The van der Waals surface area contributed by atoms with E-state index in [0.29, 0.717) is 10.6 Å². The van der Waals surface area contributed by atoms with Gasteiger partial charge < -0.3 is 10.1 Å². The van der Waals surface area contributed by atoms with Crippen molar-refractivity contribution < 1.29 is 9.53 Å². The summed E-state index contributed by atoms with van der Waals surface area (Å²) in [4.78, 5) is 11.6. The molecule has 0 saturated heterocycles. The first-order chi connectivity index (χ1) is 8.33. The Hall–Kier alpha value is -1.66. The molecule has 0 aliphatic rings. The lowest BCUT2D eigenvalue weighted by molar-refractivity contribution is 0.0516. The van der Waals surface area contributed by atoms with Gasteiger partial charge in [-0.05, 0) is 26.8 Å². The second-order valence-corrected chi connectivity index (χ2v) is 5.17. The Kier molecular flexibility index (Phi) is 4.63. The summed E-state index contributed by atoms with van der Waals surface area (Å²) in [6.45, 7) is 5.35. The lowest BCUT2D eigenvalue weighted by Crippen LogP contribution is -2.34. The average molecular weight is 266 g/mol. The van der Waals surface area contributed by atoms with Crippen molar-refractivity contribution in [1.29, 1.82) is 0 Å². The monoisotopic (exact) mass is 265 g/mol. The highest BCUT2D eigenvalue weighted by atomic mass is 35.5. The van der Waals surface area contributed by atoms with Gasteiger partial charge >= 0.3 is 6.09 Å². The van der Waals surface area contributed by atoms with Crippen molar-refractivity contribution in [2.45, 2.75) is 32.4 Å². The number of nitrogens with one attached hydrogen (secondary N) is 1. The third kappa shape index (κ3) is 4.31. The van der Waals surface area contributed by atoms with Gasteiger partial charge in [0.25, 0.3) is 0 Å². The Morgan fingerprint density at radius 1 is 1.44 bits per heavy atom. The summed E-state index contributed by atoms with van der Waals surface area (Å²) in [6, 6.07) is 6.49. The maximum absolute atomic E-state index is 11.6. The smallest absolute Gasteiger partial charge is 0.408 e. The molecule has 0 heterocycles. The van der Waals surface area contributed by atoms with Crippen LogP contribution in [0.25, 0.3) is 0 Å². The van der Waals surface area contributed by atoms with Gasteiger partial charge in [0.15, 0.2) is 0 Å². The highest BCUT2D eigenvalue weighted by Crippen LogP contribution is 2.22. The molecule has 96 valence electrons. The molecule has 1 amide bonds. The van der Waals surface area contributed by atoms with Gasteiger partial charge in [0, 0.05) is 10.6 Å². The van der Waals surface area contributed by atoms with E-state index < -0.39 is 17.7 Å². The summed E-state index contributed by atoms with van der Waals surface area (Å²) in [6.07, 6.45) is 4.84. The first kappa shape index (κ1) is 14.4. The van der Waals surface area contributed by atoms with Crippen LogP contribution in [0.5, 0.6) is 0 Å². The Morgan fingerprint density at radius 3 is 2.56 bits per heavy atom. The summed E-state index contributed by atoms with van der Waals surface area (Å²) < 4.78 is 5.14. The van der Waals surface area contributed by atoms with Crippen LogP contribution in [0.15, 0.2) is 24.3 Å². The number of alkyl carbamates (subject to hydrolysis) is 1. The Balaban J connectivity index is 2.79. The molecule has 0 aliphatic carbocycles. The summed E-state index contributed by atoms with van der Waals surface area (Å²) in [7, 11) is 0. The normalized spacial score (nSPS) is 12.4. The molecule has 1 unspecified atom stereocenters. The van der Waals surface area contributed by atoms with E-state index in [9.17, 15) is 4.79 Å². The maximum atomic E-state index is 11.6. The van der Waals surface area contributed by atoms with E-state index in [2.05, 4.69) is 11.2 Å². The zero-order valence-corrected chi connectivity index (χ0v) is 11.4. The molecule has 1 atom stereocenters. The van der Waals surface area contributed by atoms with E-state index in [1.54, 1.807) is 39.0 Å². The summed E-state index contributed by atoms with van der Waals surface area (Å²) in [5.74, 6) is 2.48. The minimum Gasteiger partial charge on any atom is -0.444 e. The molecule has 0 saturated carbocycles. The number of halogens is 1. The number of amides is 1. The van der Waals surface area contributed by atoms with Crippen molar-refractivity contribution in [3.63, 3.8) is 0 Å². The lowest BCUT2D eigenvalue weighted by atomic mass is 10.1. The maximum Gasteiger partial charge on any atom is 0.408 e. The second-order valence-electron chi connectivity index (χ2n) is 4.77. The third-order valence-electron chi connectivity index (χ3n) is 2.04. The standard InChI is InChI=1S/C14H16ClNO2/c1-5-12(10-8-6-7-9-11(10)15)16-13(17)18-14(2,3)4/h1,6-9,12H,2-4H3,(H,16,17). The zero-order chi connectivity index (χ0) is 13.8. The predicted octanol–water partition coefficient (Wildman–Crippen LogP) is 3.54. The first-order valence-corrected chi connectivity index (χ1v) is 5.91. The van der Waals surface area contributed by atoms with Crippen LogP contribution in [0.1, 0.15) is 32.4 Å². The topological polar surface area (TPSA) is 38.3 Å². The van der Waals surface area contributed by atoms with Crippen molar-refractivity contribution in [1.82, 2.24) is 5.32 Å². The number of carbonyl (C=O) groups is 1. The molecule has 1 N–H and O–H groups in total. The molecule has 1 rings (SSSR count).